The Hall–Kier alpha value is -1.63. The van der Waals surface area contributed by atoms with Crippen LogP contribution in [0, 0.1) is 5.82 Å². The molecule has 1 unspecified atom stereocenters. The van der Waals surface area contributed by atoms with Crippen LogP contribution >= 0.6 is 15.9 Å². The Balaban J connectivity index is 2.73. The number of halogens is 2. The molecule has 3 amide bonds. The van der Waals surface area contributed by atoms with E-state index in [0.29, 0.717) is 4.47 Å². The standard InChI is InChI=1S/C10H10BrFN2O3/c1-5(9(15)14-10(13)16)17-8-4-6(11)2-3-7(8)12/h2-5H,1H3,(H3,13,14,15,16). The predicted molar refractivity (Wildman–Crippen MR) is 61.9 cm³/mol. The number of rotatable bonds is 3. The van der Waals surface area contributed by atoms with Crippen LogP contribution in [0.5, 0.6) is 5.75 Å². The molecule has 0 aromatic heterocycles. The second kappa shape index (κ2) is 5.62. The first kappa shape index (κ1) is 13.4. The summed E-state index contributed by atoms with van der Waals surface area (Å²) in [6.07, 6.45) is -1.04. The van der Waals surface area contributed by atoms with Gasteiger partial charge in [0.25, 0.3) is 5.91 Å². The Bertz CT molecular complexity index is 453. The summed E-state index contributed by atoms with van der Waals surface area (Å²) in [5, 5.41) is 1.84. The van der Waals surface area contributed by atoms with Crippen LogP contribution in [0.4, 0.5) is 9.18 Å². The lowest BCUT2D eigenvalue weighted by Crippen LogP contribution is -2.42. The molecule has 0 aliphatic heterocycles. The molecular formula is C10H10BrFN2O3. The lowest BCUT2D eigenvalue weighted by Gasteiger charge is -2.14. The summed E-state index contributed by atoms with van der Waals surface area (Å²) in [6, 6.07) is 3.08. The molecule has 1 aromatic carbocycles. The smallest absolute Gasteiger partial charge is 0.318 e. The summed E-state index contributed by atoms with van der Waals surface area (Å²) in [4.78, 5) is 21.7. The first-order valence-corrected chi connectivity index (χ1v) is 5.41. The molecule has 1 aromatic rings. The summed E-state index contributed by atoms with van der Waals surface area (Å²) >= 11 is 3.14. The van der Waals surface area contributed by atoms with Crippen molar-refractivity contribution in [3.8, 4) is 5.75 Å². The van der Waals surface area contributed by atoms with Gasteiger partial charge in [0, 0.05) is 4.47 Å². The quantitative estimate of drug-likeness (QED) is 0.889. The molecule has 0 bridgehead atoms. The molecule has 17 heavy (non-hydrogen) atoms. The molecule has 0 saturated heterocycles. The van der Waals surface area contributed by atoms with E-state index in [2.05, 4.69) is 15.9 Å². The van der Waals surface area contributed by atoms with Crippen molar-refractivity contribution in [2.75, 3.05) is 0 Å². The largest absolute Gasteiger partial charge is 0.478 e. The Labute approximate surface area is 105 Å². The molecule has 0 aliphatic rings. The van der Waals surface area contributed by atoms with Crippen LogP contribution in [0.3, 0.4) is 0 Å². The van der Waals surface area contributed by atoms with Crippen LogP contribution < -0.4 is 15.8 Å². The lowest BCUT2D eigenvalue weighted by atomic mass is 10.3. The minimum atomic E-state index is -1.04. The summed E-state index contributed by atoms with van der Waals surface area (Å²) in [6.45, 7) is 1.37. The molecule has 0 heterocycles. The Kier molecular flexibility index (Phi) is 4.45. The van der Waals surface area contributed by atoms with Crippen molar-refractivity contribution in [3.05, 3.63) is 28.5 Å². The van der Waals surface area contributed by atoms with Gasteiger partial charge in [-0.25, -0.2) is 9.18 Å². The molecule has 1 atom stereocenters. The van der Waals surface area contributed by atoms with Crippen LogP contribution in [-0.4, -0.2) is 18.0 Å². The van der Waals surface area contributed by atoms with Gasteiger partial charge in [-0.2, -0.15) is 0 Å². The molecule has 0 radical (unpaired) electrons. The molecule has 1 rings (SSSR count). The van der Waals surface area contributed by atoms with Gasteiger partial charge >= 0.3 is 6.03 Å². The summed E-state index contributed by atoms with van der Waals surface area (Å²) in [5.74, 6) is -1.43. The van der Waals surface area contributed by atoms with Crippen molar-refractivity contribution in [2.24, 2.45) is 5.73 Å². The zero-order chi connectivity index (χ0) is 13.0. The highest BCUT2D eigenvalue weighted by molar-refractivity contribution is 9.10. The Morgan fingerprint density at radius 1 is 1.53 bits per heavy atom. The third-order valence-corrected chi connectivity index (χ3v) is 2.31. The Morgan fingerprint density at radius 2 is 2.18 bits per heavy atom. The monoisotopic (exact) mass is 304 g/mol. The number of ether oxygens (including phenoxy) is 1. The lowest BCUT2D eigenvalue weighted by molar-refractivity contribution is -0.126. The fourth-order valence-corrected chi connectivity index (χ4v) is 1.37. The number of carbonyl (C=O) groups is 2. The van der Waals surface area contributed by atoms with E-state index in [4.69, 9.17) is 10.5 Å². The molecule has 92 valence electrons. The number of imide groups is 1. The summed E-state index contributed by atoms with van der Waals surface area (Å²) in [5.41, 5.74) is 4.77. The number of nitrogens with one attached hydrogen (secondary N) is 1. The van der Waals surface area contributed by atoms with E-state index in [9.17, 15) is 14.0 Å². The van der Waals surface area contributed by atoms with Crippen LogP contribution in [0.15, 0.2) is 22.7 Å². The maximum Gasteiger partial charge on any atom is 0.318 e. The van der Waals surface area contributed by atoms with E-state index in [1.54, 1.807) is 0 Å². The first-order chi connectivity index (χ1) is 7.90. The fraction of sp³-hybridized carbons (Fsp3) is 0.200. The van der Waals surface area contributed by atoms with Crippen molar-refractivity contribution < 1.29 is 18.7 Å². The molecule has 0 aliphatic carbocycles. The van der Waals surface area contributed by atoms with Gasteiger partial charge < -0.3 is 10.5 Å². The third kappa shape index (κ3) is 4.03. The first-order valence-electron chi connectivity index (χ1n) is 4.62. The van der Waals surface area contributed by atoms with E-state index in [0.717, 1.165) is 0 Å². The minimum absolute atomic E-state index is 0.0912. The van der Waals surface area contributed by atoms with Gasteiger partial charge in [0.1, 0.15) is 0 Å². The SMILES string of the molecule is CC(Oc1cc(Br)ccc1F)C(=O)NC(N)=O. The number of primary amides is 1. The van der Waals surface area contributed by atoms with Gasteiger partial charge in [0.15, 0.2) is 17.7 Å². The molecule has 0 spiro atoms. The number of urea groups is 1. The molecule has 5 nitrogen and oxygen atoms in total. The van der Waals surface area contributed by atoms with E-state index in [1.165, 1.54) is 25.1 Å². The van der Waals surface area contributed by atoms with Gasteiger partial charge in [0.05, 0.1) is 0 Å². The zero-order valence-electron chi connectivity index (χ0n) is 8.87. The van der Waals surface area contributed by atoms with Gasteiger partial charge in [0.2, 0.25) is 0 Å². The average molecular weight is 305 g/mol. The van der Waals surface area contributed by atoms with Crippen molar-refractivity contribution in [1.82, 2.24) is 5.32 Å². The van der Waals surface area contributed by atoms with Crippen LogP contribution in [0.25, 0.3) is 0 Å². The number of amides is 3. The highest BCUT2D eigenvalue weighted by atomic mass is 79.9. The van der Waals surface area contributed by atoms with Gasteiger partial charge in [-0.05, 0) is 25.1 Å². The fourth-order valence-electron chi connectivity index (χ4n) is 1.03. The third-order valence-electron chi connectivity index (χ3n) is 1.81. The number of benzene rings is 1. The maximum absolute atomic E-state index is 13.3. The molecule has 7 heteroatoms. The van der Waals surface area contributed by atoms with E-state index >= 15 is 0 Å². The number of hydrogen-bond acceptors (Lipinski definition) is 3. The van der Waals surface area contributed by atoms with E-state index < -0.39 is 23.9 Å². The van der Waals surface area contributed by atoms with E-state index in [-0.39, 0.29) is 5.75 Å². The van der Waals surface area contributed by atoms with Crippen LogP contribution in [0.2, 0.25) is 0 Å². The van der Waals surface area contributed by atoms with Gasteiger partial charge in [-0.15, -0.1) is 0 Å². The van der Waals surface area contributed by atoms with Crippen molar-refractivity contribution in [2.45, 2.75) is 13.0 Å². The van der Waals surface area contributed by atoms with Crippen LogP contribution in [-0.2, 0) is 4.79 Å². The second-order valence-electron chi connectivity index (χ2n) is 3.19. The topological polar surface area (TPSA) is 81.4 Å². The normalized spacial score (nSPS) is 11.7. The van der Waals surface area contributed by atoms with Gasteiger partial charge in [-0.3, -0.25) is 10.1 Å². The summed E-state index contributed by atoms with van der Waals surface area (Å²) in [7, 11) is 0. The maximum atomic E-state index is 13.3. The van der Waals surface area contributed by atoms with Crippen LogP contribution in [0.1, 0.15) is 6.92 Å². The second-order valence-corrected chi connectivity index (χ2v) is 4.10. The highest BCUT2D eigenvalue weighted by Gasteiger charge is 2.17. The number of nitrogens with two attached hydrogens (primary N) is 1. The molecule has 0 fully saturated rings. The summed E-state index contributed by atoms with van der Waals surface area (Å²) < 4.78 is 19.0. The highest BCUT2D eigenvalue weighted by Crippen LogP contribution is 2.23. The molecule has 0 saturated carbocycles. The number of hydrogen-bond donors (Lipinski definition) is 2. The molecular weight excluding hydrogens is 295 g/mol. The predicted octanol–water partition coefficient (Wildman–Crippen LogP) is 1.55. The van der Waals surface area contributed by atoms with Gasteiger partial charge in [-0.1, -0.05) is 15.9 Å². The average Bonchev–Trinajstić information content (AvgIpc) is 2.22. The number of carbonyl (C=O) groups excluding carboxylic acids is 2. The minimum Gasteiger partial charge on any atom is -0.478 e. The zero-order valence-corrected chi connectivity index (χ0v) is 10.5. The van der Waals surface area contributed by atoms with Crippen molar-refractivity contribution in [3.63, 3.8) is 0 Å². The van der Waals surface area contributed by atoms with Crippen molar-refractivity contribution in [1.29, 1.82) is 0 Å². The molecule has 3 N–H and O–H groups in total. The Morgan fingerprint density at radius 3 is 2.76 bits per heavy atom. The van der Waals surface area contributed by atoms with E-state index in [1.807, 2.05) is 5.32 Å². The van der Waals surface area contributed by atoms with Crippen molar-refractivity contribution >= 4 is 27.9 Å².